The SMILES string of the molecule is Cc1cc(Nc2nccc(-c3ccc(NC(=O)NC4CC4)cc3)n2)cnc1N1C[C@@H]2C[C@H]1CN2C. The summed E-state index contributed by atoms with van der Waals surface area (Å²) in [5, 5.41) is 9.09. The van der Waals surface area contributed by atoms with Gasteiger partial charge in [0.05, 0.1) is 17.6 Å². The number of likely N-dealkylation sites (N-methyl/N-ethyl adjacent to an activating group) is 1. The van der Waals surface area contributed by atoms with E-state index in [4.69, 9.17) is 4.98 Å². The third-order valence-electron chi connectivity index (χ3n) is 7.10. The molecule has 3 aliphatic rings. The lowest BCUT2D eigenvalue weighted by molar-refractivity contribution is 0.251. The molecule has 1 aromatic carbocycles. The topological polar surface area (TPSA) is 98.3 Å². The van der Waals surface area contributed by atoms with Crippen molar-refractivity contribution < 1.29 is 4.79 Å². The number of piperazine rings is 1. The maximum atomic E-state index is 11.9. The van der Waals surface area contributed by atoms with Crippen LogP contribution >= 0.6 is 0 Å². The van der Waals surface area contributed by atoms with Gasteiger partial charge >= 0.3 is 6.03 Å². The maximum absolute atomic E-state index is 11.9. The number of fused-ring (bicyclic) bond motifs is 2. The number of aryl methyl sites for hydroxylation is 1. The van der Waals surface area contributed by atoms with E-state index in [-0.39, 0.29) is 6.03 Å². The normalized spacial score (nSPS) is 21.3. The summed E-state index contributed by atoms with van der Waals surface area (Å²) in [6, 6.07) is 13.0. The van der Waals surface area contributed by atoms with Gasteiger partial charge in [0.15, 0.2) is 0 Å². The molecular weight excluding hydrogens is 440 g/mol. The molecular formula is C26H30N8O. The lowest BCUT2D eigenvalue weighted by Gasteiger charge is -2.33. The van der Waals surface area contributed by atoms with E-state index in [1.54, 1.807) is 6.20 Å². The molecule has 3 fully saturated rings. The van der Waals surface area contributed by atoms with E-state index in [0.717, 1.165) is 59.9 Å². The van der Waals surface area contributed by atoms with Gasteiger partial charge in [0.25, 0.3) is 0 Å². The molecule has 2 amide bonds. The minimum absolute atomic E-state index is 0.159. The summed E-state index contributed by atoms with van der Waals surface area (Å²) in [5.41, 5.74) is 4.51. The van der Waals surface area contributed by atoms with Crippen LogP contribution < -0.4 is 20.9 Å². The molecule has 9 heteroatoms. The fraction of sp³-hybridized carbons (Fsp3) is 0.385. The molecule has 2 saturated heterocycles. The first-order chi connectivity index (χ1) is 17.0. The molecule has 1 saturated carbocycles. The van der Waals surface area contributed by atoms with Crippen molar-refractivity contribution >= 4 is 29.2 Å². The Morgan fingerprint density at radius 2 is 1.86 bits per heavy atom. The molecule has 180 valence electrons. The molecule has 2 bridgehead atoms. The van der Waals surface area contributed by atoms with Crippen LogP contribution in [0.3, 0.4) is 0 Å². The van der Waals surface area contributed by atoms with Gasteiger partial charge in [0, 0.05) is 48.7 Å². The first-order valence-corrected chi connectivity index (χ1v) is 12.2. The van der Waals surface area contributed by atoms with Crippen molar-refractivity contribution in [1.29, 1.82) is 0 Å². The van der Waals surface area contributed by atoms with Gasteiger partial charge in [0.1, 0.15) is 5.82 Å². The maximum Gasteiger partial charge on any atom is 0.319 e. The van der Waals surface area contributed by atoms with Gasteiger partial charge < -0.3 is 20.9 Å². The minimum atomic E-state index is -0.159. The Kier molecular flexibility index (Phi) is 5.49. The molecule has 0 spiro atoms. The number of hydrogen-bond donors (Lipinski definition) is 3. The predicted molar refractivity (Wildman–Crippen MR) is 137 cm³/mol. The van der Waals surface area contributed by atoms with Crippen molar-refractivity contribution in [2.24, 2.45) is 0 Å². The monoisotopic (exact) mass is 470 g/mol. The Balaban J connectivity index is 1.12. The van der Waals surface area contributed by atoms with Crippen LogP contribution in [0.15, 0.2) is 48.8 Å². The zero-order valence-electron chi connectivity index (χ0n) is 20.0. The van der Waals surface area contributed by atoms with Crippen molar-refractivity contribution in [2.75, 3.05) is 35.7 Å². The fourth-order valence-electron chi connectivity index (χ4n) is 5.08. The molecule has 0 radical (unpaired) electrons. The zero-order chi connectivity index (χ0) is 23.9. The number of hydrogen-bond acceptors (Lipinski definition) is 7. The number of urea groups is 1. The van der Waals surface area contributed by atoms with Crippen molar-refractivity contribution in [3.8, 4) is 11.3 Å². The molecule has 4 heterocycles. The summed E-state index contributed by atoms with van der Waals surface area (Å²) in [6.07, 6.45) is 6.96. The van der Waals surface area contributed by atoms with Crippen molar-refractivity contribution in [2.45, 2.75) is 44.3 Å². The Morgan fingerprint density at radius 1 is 1.03 bits per heavy atom. The van der Waals surface area contributed by atoms with Gasteiger partial charge in [0.2, 0.25) is 5.95 Å². The predicted octanol–water partition coefficient (Wildman–Crippen LogP) is 3.77. The largest absolute Gasteiger partial charge is 0.350 e. The molecule has 2 atom stereocenters. The molecule has 3 N–H and O–H groups in total. The van der Waals surface area contributed by atoms with Crippen LogP contribution in [0.5, 0.6) is 0 Å². The van der Waals surface area contributed by atoms with E-state index in [1.165, 1.54) is 6.42 Å². The molecule has 35 heavy (non-hydrogen) atoms. The molecule has 9 nitrogen and oxygen atoms in total. The second-order valence-electron chi connectivity index (χ2n) is 9.84. The van der Waals surface area contributed by atoms with Crippen LogP contribution in [0.4, 0.5) is 27.9 Å². The average Bonchev–Trinajstić information content (AvgIpc) is 3.45. The lowest BCUT2D eigenvalue weighted by atomic mass is 10.1. The number of amides is 2. The highest BCUT2D eigenvalue weighted by molar-refractivity contribution is 5.89. The van der Waals surface area contributed by atoms with Gasteiger partial charge in [-0.3, -0.25) is 4.90 Å². The van der Waals surface area contributed by atoms with E-state index in [0.29, 0.717) is 24.1 Å². The third-order valence-corrected chi connectivity index (χ3v) is 7.10. The summed E-state index contributed by atoms with van der Waals surface area (Å²) in [5.74, 6) is 1.59. The number of aromatic nitrogens is 3. The van der Waals surface area contributed by atoms with Gasteiger partial charge in [-0.25, -0.2) is 19.7 Å². The number of nitrogens with zero attached hydrogens (tertiary/aromatic N) is 5. The number of benzene rings is 1. The van der Waals surface area contributed by atoms with Crippen molar-refractivity contribution in [3.05, 3.63) is 54.4 Å². The zero-order valence-corrected chi connectivity index (χ0v) is 20.0. The summed E-state index contributed by atoms with van der Waals surface area (Å²) in [6.45, 7) is 4.27. The molecule has 2 aromatic heterocycles. The molecule has 2 aliphatic heterocycles. The summed E-state index contributed by atoms with van der Waals surface area (Å²) in [4.78, 5) is 30.7. The lowest BCUT2D eigenvalue weighted by Crippen LogP contribution is -2.45. The Bertz CT molecular complexity index is 1240. The van der Waals surface area contributed by atoms with Gasteiger partial charge in [-0.05, 0) is 63.1 Å². The summed E-state index contributed by atoms with van der Waals surface area (Å²) < 4.78 is 0. The van der Waals surface area contributed by atoms with Gasteiger partial charge in [-0.2, -0.15) is 0 Å². The highest BCUT2D eigenvalue weighted by Gasteiger charge is 2.42. The van der Waals surface area contributed by atoms with Crippen LogP contribution in [0.1, 0.15) is 24.8 Å². The van der Waals surface area contributed by atoms with Gasteiger partial charge in [-0.1, -0.05) is 12.1 Å². The van der Waals surface area contributed by atoms with E-state index in [1.807, 2.05) is 36.5 Å². The average molecular weight is 471 g/mol. The Morgan fingerprint density at radius 3 is 2.54 bits per heavy atom. The third kappa shape index (κ3) is 4.64. The molecule has 6 rings (SSSR count). The minimum Gasteiger partial charge on any atom is -0.350 e. The fourth-order valence-corrected chi connectivity index (χ4v) is 5.08. The first-order valence-electron chi connectivity index (χ1n) is 12.2. The van der Waals surface area contributed by atoms with E-state index >= 15 is 0 Å². The van der Waals surface area contributed by atoms with Crippen LogP contribution in [0.2, 0.25) is 0 Å². The van der Waals surface area contributed by atoms with E-state index < -0.39 is 0 Å². The second-order valence-corrected chi connectivity index (χ2v) is 9.84. The number of carbonyl (C=O) groups excluding carboxylic acids is 1. The summed E-state index contributed by atoms with van der Waals surface area (Å²) >= 11 is 0. The number of carbonyl (C=O) groups is 1. The molecule has 0 unspecified atom stereocenters. The van der Waals surface area contributed by atoms with Gasteiger partial charge in [-0.15, -0.1) is 0 Å². The highest BCUT2D eigenvalue weighted by atomic mass is 16.2. The van der Waals surface area contributed by atoms with Crippen LogP contribution in [0, 0.1) is 6.92 Å². The van der Waals surface area contributed by atoms with Crippen LogP contribution in [0.25, 0.3) is 11.3 Å². The number of pyridine rings is 1. The van der Waals surface area contributed by atoms with Crippen LogP contribution in [-0.4, -0.2) is 64.1 Å². The Labute approximate surface area is 205 Å². The number of nitrogens with one attached hydrogen (secondary N) is 3. The number of anilines is 4. The molecule has 3 aromatic rings. The summed E-state index contributed by atoms with van der Waals surface area (Å²) in [7, 11) is 2.21. The quantitative estimate of drug-likeness (QED) is 0.504. The smallest absolute Gasteiger partial charge is 0.319 e. The standard InChI is InChI=1S/C26H30N8O/c1-16-11-20(13-28-24(16)34-15-21-12-22(34)14-33(21)2)29-25-27-10-9-23(32-25)17-3-5-18(6-4-17)30-26(35)31-19-7-8-19/h3-6,9-11,13,19,21-22H,7-8,12,14-15H2,1-2H3,(H,27,29,32)(H2,30,31,35)/t21-,22-/m0/s1. The molecule has 1 aliphatic carbocycles. The van der Waals surface area contributed by atoms with Crippen molar-refractivity contribution in [1.82, 2.24) is 25.2 Å². The number of rotatable bonds is 6. The number of likely N-dealkylation sites (tertiary alicyclic amines) is 1. The van der Waals surface area contributed by atoms with Crippen molar-refractivity contribution in [3.63, 3.8) is 0 Å². The van der Waals surface area contributed by atoms with E-state index in [2.05, 4.69) is 55.8 Å². The Hall–Kier alpha value is -3.72. The highest BCUT2D eigenvalue weighted by Crippen LogP contribution is 2.34. The van der Waals surface area contributed by atoms with Crippen LogP contribution in [-0.2, 0) is 0 Å². The van der Waals surface area contributed by atoms with E-state index in [9.17, 15) is 4.79 Å². The second kappa shape index (κ2) is 8.81. The first kappa shape index (κ1) is 21.8.